The van der Waals surface area contributed by atoms with Crippen LogP contribution in [0.5, 0.6) is 5.75 Å². The number of carbonyl (C=O) groups is 3. The van der Waals surface area contributed by atoms with Crippen LogP contribution in [-0.4, -0.2) is 62.5 Å². The molecule has 2 fully saturated rings. The highest BCUT2D eigenvalue weighted by molar-refractivity contribution is 6.05. The minimum Gasteiger partial charge on any atom is -0.489 e. The van der Waals surface area contributed by atoms with E-state index in [9.17, 15) is 14.4 Å². The molecule has 0 spiro atoms. The lowest BCUT2D eigenvalue weighted by atomic mass is 10.0. The number of nitrogens with zero attached hydrogens (tertiary/aromatic N) is 5. The number of nitrogens with one attached hydrogen (secondary N) is 1. The minimum absolute atomic E-state index is 0.0324. The molecule has 10 nitrogen and oxygen atoms in total. The molecule has 6 rings (SSSR count). The molecule has 1 N–H and O–H groups in total. The molecule has 1 unspecified atom stereocenters. The number of fused-ring (bicyclic) bond motifs is 1. The third-order valence-corrected chi connectivity index (χ3v) is 7.33. The van der Waals surface area contributed by atoms with Gasteiger partial charge in [0.25, 0.3) is 5.91 Å². The number of ether oxygens (including phenoxy) is 1. The van der Waals surface area contributed by atoms with E-state index in [0.717, 1.165) is 42.9 Å². The van der Waals surface area contributed by atoms with Crippen LogP contribution in [0.25, 0.3) is 5.69 Å². The van der Waals surface area contributed by atoms with Crippen molar-refractivity contribution in [2.45, 2.75) is 44.5 Å². The summed E-state index contributed by atoms with van der Waals surface area (Å²) in [7, 11) is 0. The number of aromatic nitrogens is 2. The molecule has 1 aromatic heterocycles. The standard InChI is InChI=1S/C28H26N6O4/c29-12-18-1-3-21(4-2-18)34-15-19(13-30-34)14-32-10-9-23(17-32)38-22-5-6-24-20(11-22)16-33(28(24)37)25-7-8-26(35)31-27(25)36/h1-6,11,13,15,23,25H,7-10,14,16-17H2,(H,31,35,36)/t23-,25?/m0/s1. The van der Waals surface area contributed by atoms with Crippen LogP contribution in [-0.2, 0) is 22.7 Å². The maximum Gasteiger partial charge on any atom is 0.255 e. The van der Waals surface area contributed by atoms with Gasteiger partial charge in [-0.05, 0) is 60.9 Å². The van der Waals surface area contributed by atoms with E-state index in [4.69, 9.17) is 10.00 Å². The molecule has 0 bridgehead atoms. The fraction of sp³-hybridized carbons (Fsp3) is 0.321. The summed E-state index contributed by atoms with van der Waals surface area (Å²) < 4.78 is 8.08. The molecule has 0 aliphatic carbocycles. The summed E-state index contributed by atoms with van der Waals surface area (Å²) in [6.07, 6.45) is 5.36. The third-order valence-electron chi connectivity index (χ3n) is 7.33. The van der Waals surface area contributed by atoms with Crippen LogP contribution in [0.1, 0.15) is 46.3 Å². The van der Waals surface area contributed by atoms with Gasteiger partial charge in [0.05, 0.1) is 23.5 Å². The smallest absolute Gasteiger partial charge is 0.255 e. The van der Waals surface area contributed by atoms with E-state index < -0.39 is 11.9 Å². The average Bonchev–Trinajstić information content (AvgIpc) is 3.64. The number of nitriles is 1. The fourth-order valence-corrected chi connectivity index (χ4v) is 5.38. The van der Waals surface area contributed by atoms with Crippen LogP contribution in [0.2, 0.25) is 0 Å². The first-order valence-corrected chi connectivity index (χ1v) is 12.7. The zero-order chi connectivity index (χ0) is 26.2. The molecule has 3 amide bonds. The number of piperidine rings is 1. The van der Waals surface area contributed by atoms with E-state index in [1.807, 2.05) is 41.3 Å². The zero-order valence-corrected chi connectivity index (χ0v) is 20.7. The van der Waals surface area contributed by atoms with E-state index >= 15 is 0 Å². The van der Waals surface area contributed by atoms with E-state index in [-0.39, 0.29) is 24.3 Å². The Hall–Kier alpha value is -4.49. The highest BCUT2D eigenvalue weighted by Gasteiger charge is 2.39. The van der Waals surface area contributed by atoms with E-state index in [0.29, 0.717) is 29.8 Å². The predicted octanol–water partition coefficient (Wildman–Crippen LogP) is 2.16. The van der Waals surface area contributed by atoms with Gasteiger partial charge in [-0.1, -0.05) is 0 Å². The Morgan fingerprint density at radius 3 is 2.74 bits per heavy atom. The molecule has 3 aliphatic rings. The number of rotatable bonds is 6. The van der Waals surface area contributed by atoms with Crippen molar-refractivity contribution >= 4 is 17.7 Å². The summed E-state index contributed by atoms with van der Waals surface area (Å²) in [6.45, 7) is 2.77. The van der Waals surface area contributed by atoms with Gasteiger partial charge in [-0.2, -0.15) is 10.4 Å². The van der Waals surface area contributed by atoms with Crippen molar-refractivity contribution in [2.75, 3.05) is 13.1 Å². The molecule has 10 heteroatoms. The maximum atomic E-state index is 12.9. The molecular formula is C28H26N6O4. The number of imide groups is 1. The number of likely N-dealkylation sites (tertiary alicyclic amines) is 1. The molecule has 0 radical (unpaired) electrons. The number of amides is 3. The Morgan fingerprint density at radius 2 is 1.95 bits per heavy atom. The molecule has 4 heterocycles. The zero-order valence-electron chi connectivity index (χ0n) is 20.7. The summed E-state index contributed by atoms with van der Waals surface area (Å²) in [5.41, 5.74) is 4.03. The van der Waals surface area contributed by atoms with Crippen LogP contribution in [0, 0.1) is 11.3 Å². The van der Waals surface area contributed by atoms with Crippen LogP contribution < -0.4 is 10.1 Å². The van der Waals surface area contributed by atoms with Crippen molar-refractivity contribution in [2.24, 2.45) is 0 Å². The van der Waals surface area contributed by atoms with Gasteiger partial charge in [-0.25, -0.2) is 4.68 Å². The SMILES string of the molecule is N#Cc1ccc(-n2cc(CN3CC[C@H](Oc4ccc5c(c4)CN(C4CCC(=O)NC4=O)C5=O)C3)cn2)cc1. The lowest BCUT2D eigenvalue weighted by molar-refractivity contribution is -0.136. The van der Waals surface area contributed by atoms with Crippen LogP contribution >= 0.6 is 0 Å². The summed E-state index contributed by atoms with van der Waals surface area (Å²) >= 11 is 0. The van der Waals surface area contributed by atoms with Crippen molar-refractivity contribution in [3.05, 3.63) is 77.1 Å². The Bertz CT molecular complexity index is 1460. The third kappa shape index (κ3) is 4.64. The van der Waals surface area contributed by atoms with Gasteiger partial charge in [0.15, 0.2) is 0 Å². The van der Waals surface area contributed by atoms with Gasteiger partial charge in [-0.15, -0.1) is 0 Å². The molecular weight excluding hydrogens is 484 g/mol. The van der Waals surface area contributed by atoms with Gasteiger partial charge < -0.3 is 9.64 Å². The first-order chi connectivity index (χ1) is 18.5. The van der Waals surface area contributed by atoms with Crippen LogP contribution in [0.4, 0.5) is 0 Å². The predicted molar refractivity (Wildman–Crippen MR) is 135 cm³/mol. The summed E-state index contributed by atoms with van der Waals surface area (Å²) in [5, 5.41) is 15.8. The minimum atomic E-state index is -0.623. The summed E-state index contributed by atoms with van der Waals surface area (Å²) in [6, 6.07) is 14.3. The van der Waals surface area contributed by atoms with Gasteiger partial charge in [0.2, 0.25) is 11.8 Å². The van der Waals surface area contributed by atoms with Crippen molar-refractivity contribution < 1.29 is 19.1 Å². The molecule has 2 atom stereocenters. The Labute approximate surface area is 219 Å². The van der Waals surface area contributed by atoms with Crippen molar-refractivity contribution in [3.8, 4) is 17.5 Å². The Kier molecular flexibility index (Phi) is 6.13. The van der Waals surface area contributed by atoms with Gasteiger partial charge >= 0.3 is 0 Å². The monoisotopic (exact) mass is 510 g/mol. The van der Waals surface area contributed by atoms with Gasteiger partial charge in [-0.3, -0.25) is 24.6 Å². The fourth-order valence-electron chi connectivity index (χ4n) is 5.38. The Balaban J connectivity index is 1.05. The summed E-state index contributed by atoms with van der Waals surface area (Å²) in [5.74, 6) is -0.180. The lowest BCUT2D eigenvalue weighted by Gasteiger charge is -2.29. The number of hydrogen-bond acceptors (Lipinski definition) is 7. The second-order valence-electron chi connectivity index (χ2n) is 9.93. The quantitative estimate of drug-likeness (QED) is 0.505. The topological polar surface area (TPSA) is 121 Å². The number of benzene rings is 2. The second kappa shape index (κ2) is 9.76. The molecule has 2 aromatic carbocycles. The second-order valence-corrected chi connectivity index (χ2v) is 9.93. The molecule has 0 saturated carbocycles. The normalized spacial score (nSPS) is 21.3. The molecule has 192 valence electrons. The van der Waals surface area contributed by atoms with Gasteiger partial charge in [0.1, 0.15) is 17.9 Å². The highest BCUT2D eigenvalue weighted by Crippen LogP contribution is 2.31. The highest BCUT2D eigenvalue weighted by atomic mass is 16.5. The maximum absolute atomic E-state index is 12.9. The molecule has 38 heavy (non-hydrogen) atoms. The van der Waals surface area contributed by atoms with Crippen LogP contribution in [0.15, 0.2) is 54.9 Å². The van der Waals surface area contributed by atoms with Gasteiger partial charge in [0, 0.05) is 49.9 Å². The lowest BCUT2D eigenvalue weighted by Crippen LogP contribution is -2.52. The molecule has 3 aliphatic heterocycles. The first-order valence-electron chi connectivity index (χ1n) is 12.7. The summed E-state index contributed by atoms with van der Waals surface area (Å²) in [4.78, 5) is 40.5. The molecule has 2 saturated heterocycles. The largest absolute Gasteiger partial charge is 0.489 e. The number of hydrogen-bond donors (Lipinski definition) is 1. The van der Waals surface area contributed by atoms with Crippen molar-refractivity contribution in [1.29, 1.82) is 5.26 Å². The number of carbonyl (C=O) groups excluding carboxylic acids is 3. The van der Waals surface area contributed by atoms with E-state index in [2.05, 4.69) is 21.4 Å². The first kappa shape index (κ1) is 23.9. The average molecular weight is 511 g/mol. The van der Waals surface area contributed by atoms with Crippen LogP contribution in [0.3, 0.4) is 0 Å². The molecule has 3 aromatic rings. The van der Waals surface area contributed by atoms with Crippen molar-refractivity contribution in [3.63, 3.8) is 0 Å². The Morgan fingerprint density at radius 1 is 1.11 bits per heavy atom. The van der Waals surface area contributed by atoms with Crippen molar-refractivity contribution in [1.82, 2.24) is 24.9 Å². The van der Waals surface area contributed by atoms with E-state index in [1.165, 1.54) is 0 Å². The van der Waals surface area contributed by atoms with E-state index in [1.54, 1.807) is 23.1 Å².